The number of fused-ring (bicyclic) bond motifs is 5. The highest BCUT2D eigenvalue weighted by atomic mass is 16.4. The van der Waals surface area contributed by atoms with Crippen molar-refractivity contribution >= 4 is 5.78 Å². The fourth-order valence-electron chi connectivity index (χ4n) is 7.06. The van der Waals surface area contributed by atoms with Gasteiger partial charge in [0.25, 0.3) is 0 Å². The van der Waals surface area contributed by atoms with Crippen molar-refractivity contribution in [2.75, 3.05) is 6.61 Å². The van der Waals surface area contributed by atoms with Gasteiger partial charge in [-0.15, -0.1) is 0 Å². The van der Waals surface area contributed by atoms with Gasteiger partial charge >= 0.3 is 0 Å². The number of allylic oxidation sites excluding steroid dienone is 4. The lowest BCUT2D eigenvalue weighted by atomic mass is 9.46. The van der Waals surface area contributed by atoms with Gasteiger partial charge in [0.1, 0.15) is 6.10 Å². The summed E-state index contributed by atoms with van der Waals surface area (Å²) in [5.74, 6) is 0.445. The highest BCUT2D eigenvalue weighted by molar-refractivity contribution is 6.01. The smallest absolute Gasteiger partial charge is 0.178 e. The molecule has 144 valence electrons. The van der Waals surface area contributed by atoms with Crippen molar-refractivity contribution in [3.05, 3.63) is 23.8 Å². The van der Waals surface area contributed by atoms with Gasteiger partial charge in [-0.2, -0.15) is 0 Å². The molecule has 0 aromatic rings. The van der Waals surface area contributed by atoms with Crippen LogP contribution in [0.3, 0.4) is 0 Å². The minimum Gasteiger partial charge on any atom is -0.394 e. The third kappa shape index (κ3) is 2.15. The van der Waals surface area contributed by atoms with E-state index < -0.39 is 29.8 Å². The Morgan fingerprint density at radius 3 is 2.73 bits per heavy atom. The molecule has 0 aromatic heterocycles. The van der Waals surface area contributed by atoms with Crippen LogP contribution in [0.2, 0.25) is 0 Å². The van der Waals surface area contributed by atoms with E-state index in [-0.39, 0.29) is 29.0 Å². The summed E-state index contributed by atoms with van der Waals surface area (Å²) < 4.78 is 0. The summed E-state index contributed by atoms with van der Waals surface area (Å²) in [7, 11) is 0. The first-order valence-corrected chi connectivity index (χ1v) is 9.81. The van der Waals surface area contributed by atoms with Crippen molar-refractivity contribution in [3.63, 3.8) is 0 Å². The van der Waals surface area contributed by atoms with Gasteiger partial charge in [-0.25, -0.2) is 0 Å². The van der Waals surface area contributed by atoms with Crippen LogP contribution in [0.25, 0.3) is 0 Å². The lowest BCUT2D eigenvalue weighted by Gasteiger charge is -2.60. The Labute approximate surface area is 154 Å². The van der Waals surface area contributed by atoms with Crippen molar-refractivity contribution in [2.24, 2.45) is 28.6 Å². The summed E-state index contributed by atoms with van der Waals surface area (Å²) in [6.45, 7) is 3.61. The number of carbonyl (C=O) groups excluding carboxylic acids is 1. The third-order valence-corrected chi connectivity index (χ3v) is 8.44. The molecule has 0 spiro atoms. The maximum atomic E-state index is 11.8. The van der Waals surface area contributed by atoms with Crippen LogP contribution in [-0.2, 0) is 4.79 Å². The van der Waals surface area contributed by atoms with E-state index in [1.165, 1.54) is 0 Å². The molecule has 0 radical (unpaired) electrons. The number of aliphatic hydroxyl groups excluding tert-OH is 3. The second-order valence-corrected chi connectivity index (χ2v) is 9.37. The first-order valence-electron chi connectivity index (χ1n) is 9.81. The average Bonchev–Trinajstić information content (AvgIpc) is 2.86. The molecule has 4 aliphatic rings. The maximum Gasteiger partial charge on any atom is 0.178 e. The van der Waals surface area contributed by atoms with Crippen molar-refractivity contribution in [1.29, 1.82) is 0 Å². The number of carbonyl (C=O) groups is 1. The predicted molar refractivity (Wildman–Crippen MR) is 96.0 cm³/mol. The standard InChI is InChI=1S/C21H30O5/c1-19-7-5-13(23)9-12(19)3-4-14-15-6-8-21(26,17(25)11-22)20(15,2)10-16(24)18(14)19/h5,7,9,14-18,22,24-26H,3-4,6,8,10-11H2,1-2H3/t14-,15-,16-,17+,18+,19-,20-,21-/m0/s1. The Morgan fingerprint density at radius 2 is 2.04 bits per heavy atom. The van der Waals surface area contributed by atoms with Gasteiger partial charge in [0.05, 0.1) is 18.3 Å². The Kier molecular flexibility index (Phi) is 4.05. The summed E-state index contributed by atoms with van der Waals surface area (Å²) in [6, 6.07) is 0. The number of aliphatic hydroxyl groups is 4. The molecule has 8 atom stereocenters. The second-order valence-electron chi connectivity index (χ2n) is 9.37. The van der Waals surface area contributed by atoms with Crippen molar-refractivity contribution in [2.45, 2.75) is 63.8 Å². The van der Waals surface area contributed by atoms with Gasteiger partial charge in [0, 0.05) is 16.7 Å². The van der Waals surface area contributed by atoms with Gasteiger partial charge in [-0.05, 0) is 56.1 Å². The van der Waals surface area contributed by atoms with Crippen molar-refractivity contribution in [1.82, 2.24) is 0 Å². The molecule has 5 heteroatoms. The maximum absolute atomic E-state index is 11.8. The molecular formula is C21H30O5. The molecule has 0 saturated heterocycles. The first-order chi connectivity index (χ1) is 12.2. The molecule has 4 N–H and O–H groups in total. The van der Waals surface area contributed by atoms with Crippen LogP contribution in [0.1, 0.15) is 46.0 Å². The molecule has 5 nitrogen and oxygen atoms in total. The van der Waals surface area contributed by atoms with E-state index >= 15 is 0 Å². The molecule has 0 aliphatic heterocycles. The van der Waals surface area contributed by atoms with Crippen LogP contribution in [-0.4, -0.2) is 50.6 Å². The fraction of sp³-hybridized carbons (Fsp3) is 0.762. The largest absolute Gasteiger partial charge is 0.394 e. The van der Waals surface area contributed by atoms with E-state index in [0.717, 1.165) is 24.8 Å². The number of ketones is 1. The predicted octanol–water partition coefficient (Wildman–Crippen LogP) is 1.35. The van der Waals surface area contributed by atoms with Gasteiger partial charge in [-0.1, -0.05) is 25.5 Å². The average molecular weight is 362 g/mol. The minimum absolute atomic E-state index is 0.0125. The number of rotatable bonds is 2. The van der Waals surface area contributed by atoms with Crippen LogP contribution in [0.4, 0.5) is 0 Å². The monoisotopic (exact) mass is 362 g/mol. The van der Waals surface area contributed by atoms with E-state index in [4.69, 9.17) is 0 Å². The van der Waals surface area contributed by atoms with E-state index in [1.807, 2.05) is 13.0 Å². The Morgan fingerprint density at radius 1 is 1.31 bits per heavy atom. The van der Waals surface area contributed by atoms with E-state index in [2.05, 4.69) is 6.92 Å². The lowest BCUT2D eigenvalue weighted by Crippen LogP contribution is -2.62. The topological polar surface area (TPSA) is 98.0 Å². The Bertz CT molecular complexity index is 684. The van der Waals surface area contributed by atoms with Gasteiger partial charge < -0.3 is 20.4 Å². The Balaban J connectivity index is 1.74. The van der Waals surface area contributed by atoms with E-state index in [1.54, 1.807) is 12.2 Å². The van der Waals surface area contributed by atoms with Crippen molar-refractivity contribution in [3.8, 4) is 0 Å². The summed E-state index contributed by atoms with van der Waals surface area (Å²) in [4.78, 5) is 11.8. The molecule has 0 unspecified atom stereocenters. The SMILES string of the molecule is C[C@]12C=CC(=O)C=C1CC[C@@H]1[C@@H]2[C@@H](O)C[C@@]2(C)[C@H]1CC[C@]2(O)[C@H](O)CO. The van der Waals surface area contributed by atoms with E-state index in [9.17, 15) is 25.2 Å². The fourth-order valence-corrected chi connectivity index (χ4v) is 7.06. The summed E-state index contributed by atoms with van der Waals surface area (Å²) in [5.41, 5.74) is -1.21. The molecule has 0 bridgehead atoms. The van der Waals surface area contributed by atoms with Gasteiger partial charge in [0.2, 0.25) is 0 Å². The molecule has 4 rings (SSSR count). The molecule has 0 aromatic carbocycles. The van der Waals surface area contributed by atoms with Crippen LogP contribution in [0.5, 0.6) is 0 Å². The van der Waals surface area contributed by atoms with E-state index in [0.29, 0.717) is 12.8 Å². The number of hydrogen-bond acceptors (Lipinski definition) is 5. The summed E-state index contributed by atoms with van der Waals surface area (Å²) in [5, 5.41) is 42.2. The highest BCUT2D eigenvalue weighted by Crippen LogP contribution is 2.67. The first kappa shape index (κ1) is 18.4. The molecule has 26 heavy (non-hydrogen) atoms. The van der Waals surface area contributed by atoms with Crippen LogP contribution in [0, 0.1) is 28.6 Å². The zero-order valence-corrected chi connectivity index (χ0v) is 15.6. The van der Waals surface area contributed by atoms with Gasteiger partial charge in [0.15, 0.2) is 5.78 Å². The van der Waals surface area contributed by atoms with Gasteiger partial charge in [-0.3, -0.25) is 4.79 Å². The van der Waals surface area contributed by atoms with Crippen LogP contribution in [0.15, 0.2) is 23.8 Å². The summed E-state index contributed by atoms with van der Waals surface area (Å²) >= 11 is 0. The Hall–Kier alpha value is -1.01. The third-order valence-electron chi connectivity index (χ3n) is 8.44. The highest BCUT2D eigenvalue weighted by Gasteiger charge is 2.67. The quantitative estimate of drug-likeness (QED) is 0.594. The van der Waals surface area contributed by atoms with Crippen LogP contribution < -0.4 is 0 Å². The molecule has 3 saturated carbocycles. The normalized spacial score (nSPS) is 51.3. The molecule has 3 fully saturated rings. The molecule has 0 amide bonds. The molecule has 0 heterocycles. The zero-order chi connectivity index (χ0) is 18.9. The zero-order valence-electron chi connectivity index (χ0n) is 15.6. The second kappa shape index (κ2) is 5.74. The van der Waals surface area contributed by atoms with Crippen LogP contribution >= 0.6 is 0 Å². The lowest BCUT2D eigenvalue weighted by molar-refractivity contribution is -0.204. The molecule has 4 aliphatic carbocycles. The number of hydrogen-bond donors (Lipinski definition) is 4. The molecular weight excluding hydrogens is 332 g/mol. The summed E-state index contributed by atoms with van der Waals surface area (Å²) in [6.07, 6.45) is 6.85. The van der Waals surface area contributed by atoms with Crippen molar-refractivity contribution < 1.29 is 25.2 Å². The minimum atomic E-state index is -1.37.